The van der Waals surface area contributed by atoms with Gasteiger partial charge in [0, 0.05) is 24.5 Å². The van der Waals surface area contributed by atoms with Gasteiger partial charge in [-0.2, -0.15) is 0 Å². The maximum atomic E-state index is 13.2. The van der Waals surface area contributed by atoms with Gasteiger partial charge in [-0.3, -0.25) is 9.78 Å². The van der Waals surface area contributed by atoms with Gasteiger partial charge in [0.2, 0.25) is 0 Å². The summed E-state index contributed by atoms with van der Waals surface area (Å²) < 4.78 is 12.3. The number of pyridine rings is 1. The third-order valence-electron chi connectivity index (χ3n) is 5.46. The van der Waals surface area contributed by atoms with Crippen molar-refractivity contribution in [1.29, 1.82) is 0 Å². The first-order valence-corrected chi connectivity index (χ1v) is 10.4. The highest BCUT2D eigenvalue weighted by Crippen LogP contribution is 2.28. The Morgan fingerprint density at radius 3 is 2.52 bits per heavy atom. The fraction of sp³-hybridized carbons (Fsp3) is 0.200. The Kier molecular flexibility index (Phi) is 6.35. The Bertz CT molecular complexity index is 1280. The van der Waals surface area contributed by atoms with Gasteiger partial charge in [0.1, 0.15) is 5.69 Å². The molecule has 8 nitrogen and oxygen atoms in total. The molecular weight excluding hydrogens is 418 g/mol. The van der Waals surface area contributed by atoms with Crippen LogP contribution in [0, 0.1) is 13.8 Å². The quantitative estimate of drug-likeness (QED) is 0.466. The van der Waals surface area contributed by atoms with E-state index in [0.29, 0.717) is 23.7 Å². The van der Waals surface area contributed by atoms with Gasteiger partial charge in [-0.1, -0.05) is 17.3 Å². The summed E-state index contributed by atoms with van der Waals surface area (Å²) in [5, 5.41) is 11.5. The number of hydrogen-bond donors (Lipinski definition) is 1. The lowest BCUT2D eigenvalue weighted by molar-refractivity contribution is 0.0946. The highest BCUT2D eigenvalue weighted by Gasteiger charge is 2.22. The van der Waals surface area contributed by atoms with Crippen LogP contribution >= 0.6 is 0 Å². The first kappa shape index (κ1) is 22.0. The van der Waals surface area contributed by atoms with Crippen LogP contribution in [-0.4, -0.2) is 40.1 Å². The largest absolute Gasteiger partial charge is 0.493 e. The first-order valence-electron chi connectivity index (χ1n) is 10.4. The zero-order valence-corrected chi connectivity index (χ0v) is 19.0. The van der Waals surface area contributed by atoms with Crippen LogP contribution in [-0.2, 0) is 6.54 Å². The van der Waals surface area contributed by atoms with E-state index in [4.69, 9.17) is 9.47 Å². The highest BCUT2D eigenvalue weighted by molar-refractivity contribution is 5.98. The molecule has 0 aliphatic heterocycles. The summed E-state index contributed by atoms with van der Waals surface area (Å²) in [4.78, 5) is 17.4. The number of carbonyl (C=O) groups excluding carboxylic acids is 1. The molecule has 0 unspecified atom stereocenters. The molecule has 0 radical (unpaired) electrons. The predicted molar refractivity (Wildman–Crippen MR) is 125 cm³/mol. The number of hydrogen-bond acceptors (Lipinski definition) is 6. The van der Waals surface area contributed by atoms with Crippen LogP contribution in [0.5, 0.6) is 11.5 Å². The lowest BCUT2D eigenvalue weighted by atomic mass is 10.1. The van der Waals surface area contributed by atoms with Crippen LogP contribution < -0.4 is 14.8 Å². The van der Waals surface area contributed by atoms with Crippen LogP contribution in [0.4, 0.5) is 0 Å². The van der Waals surface area contributed by atoms with Crippen LogP contribution in [0.15, 0.2) is 60.9 Å². The van der Waals surface area contributed by atoms with Gasteiger partial charge >= 0.3 is 0 Å². The monoisotopic (exact) mass is 443 g/mol. The van der Waals surface area contributed by atoms with Gasteiger partial charge < -0.3 is 14.8 Å². The standard InChI is InChI=1S/C25H25N5O3/c1-16-7-9-20(12-17(16)2)30-24(19-6-5-11-26-15-19)23(28-29-30)25(31)27-14-18-8-10-21(32-3)22(13-18)33-4/h5-13,15H,14H2,1-4H3,(H,27,31). The molecule has 4 rings (SSSR count). The number of ether oxygens (including phenoxy) is 2. The smallest absolute Gasteiger partial charge is 0.274 e. The molecule has 8 heteroatoms. The SMILES string of the molecule is COc1ccc(CNC(=O)c2nnn(-c3ccc(C)c(C)c3)c2-c2cccnc2)cc1OC. The average Bonchev–Trinajstić information content (AvgIpc) is 3.30. The molecule has 33 heavy (non-hydrogen) atoms. The minimum Gasteiger partial charge on any atom is -0.493 e. The Labute approximate surface area is 192 Å². The summed E-state index contributed by atoms with van der Waals surface area (Å²) in [6, 6.07) is 15.2. The molecule has 1 amide bonds. The van der Waals surface area contributed by atoms with Crippen LogP contribution in [0.2, 0.25) is 0 Å². The third kappa shape index (κ3) is 4.55. The number of methoxy groups -OCH3 is 2. The molecule has 168 valence electrons. The van der Waals surface area contributed by atoms with E-state index in [9.17, 15) is 4.79 Å². The number of aryl methyl sites for hydroxylation is 2. The van der Waals surface area contributed by atoms with Crippen molar-refractivity contribution in [2.45, 2.75) is 20.4 Å². The highest BCUT2D eigenvalue weighted by atomic mass is 16.5. The lowest BCUT2D eigenvalue weighted by Gasteiger charge is -2.11. The van der Waals surface area contributed by atoms with Crippen molar-refractivity contribution in [3.63, 3.8) is 0 Å². The molecule has 2 heterocycles. The molecule has 0 bridgehead atoms. The van der Waals surface area contributed by atoms with Crippen LogP contribution in [0.25, 0.3) is 16.9 Å². The number of carbonyl (C=O) groups is 1. The maximum absolute atomic E-state index is 13.2. The Balaban J connectivity index is 1.67. The van der Waals surface area contributed by atoms with Crippen molar-refractivity contribution in [3.05, 3.63) is 83.3 Å². The molecule has 4 aromatic rings. The van der Waals surface area contributed by atoms with E-state index in [-0.39, 0.29) is 11.6 Å². The van der Waals surface area contributed by atoms with E-state index in [0.717, 1.165) is 22.4 Å². The van der Waals surface area contributed by atoms with Gasteiger partial charge in [0.05, 0.1) is 19.9 Å². The molecule has 2 aromatic carbocycles. The topological polar surface area (TPSA) is 91.2 Å². The molecule has 0 fully saturated rings. The maximum Gasteiger partial charge on any atom is 0.274 e. The van der Waals surface area contributed by atoms with Gasteiger partial charge in [-0.25, -0.2) is 4.68 Å². The van der Waals surface area contributed by atoms with Gasteiger partial charge in [0.15, 0.2) is 17.2 Å². The number of benzene rings is 2. The molecule has 0 aliphatic rings. The van der Waals surface area contributed by atoms with Crippen molar-refractivity contribution in [1.82, 2.24) is 25.3 Å². The minimum absolute atomic E-state index is 0.224. The van der Waals surface area contributed by atoms with Crippen molar-refractivity contribution in [3.8, 4) is 28.4 Å². The van der Waals surface area contributed by atoms with E-state index < -0.39 is 0 Å². The first-order chi connectivity index (χ1) is 16.0. The fourth-order valence-corrected chi connectivity index (χ4v) is 3.49. The van der Waals surface area contributed by atoms with Gasteiger partial charge in [-0.05, 0) is 66.9 Å². The molecule has 2 aromatic heterocycles. The zero-order chi connectivity index (χ0) is 23.4. The summed E-state index contributed by atoms with van der Waals surface area (Å²) in [5.41, 5.74) is 5.54. The van der Waals surface area contributed by atoms with Crippen molar-refractivity contribution < 1.29 is 14.3 Å². The second-order valence-electron chi connectivity index (χ2n) is 7.58. The van der Waals surface area contributed by atoms with E-state index >= 15 is 0 Å². The summed E-state index contributed by atoms with van der Waals surface area (Å²) in [6.45, 7) is 4.38. The molecule has 0 aliphatic carbocycles. The Morgan fingerprint density at radius 2 is 1.82 bits per heavy atom. The molecule has 1 N–H and O–H groups in total. The van der Waals surface area contributed by atoms with Crippen molar-refractivity contribution in [2.75, 3.05) is 14.2 Å². The summed E-state index contributed by atoms with van der Waals surface area (Å²) in [5.74, 6) is 0.891. The number of nitrogens with one attached hydrogen (secondary N) is 1. The molecule has 0 saturated heterocycles. The number of nitrogens with zero attached hydrogens (tertiary/aromatic N) is 4. The third-order valence-corrected chi connectivity index (χ3v) is 5.46. The van der Waals surface area contributed by atoms with Crippen molar-refractivity contribution in [2.24, 2.45) is 0 Å². The zero-order valence-electron chi connectivity index (χ0n) is 19.0. The molecule has 0 atom stereocenters. The van der Waals surface area contributed by atoms with E-state index in [1.807, 2.05) is 49.4 Å². The lowest BCUT2D eigenvalue weighted by Crippen LogP contribution is -2.24. The van der Waals surface area contributed by atoms with Crippen LogP contribution in [0.1, 0.15) is 27.2 Å². The minimum atomic E-state index is -0.335. The Hall–Kier alpha value is -4.20. The Morgan fingerprint density at radius 1 is 1.00 bits per heavy atom. The summed E-state index contributed by atoms with van der Waals surface area (Å²) in [7, 11) is 3.16. The van der Waals surface area contributed by atoms with Gasteiger partial charge in [-0.15, -0.1) is 5.10 Å². The second-order valence-corrected chi connectivity index (χ2v) is 7.58. The molecule has 0 saturated carbocycles. The average molecular weight is 444 g/mol. The van der Waals surface area contributed by atoms with E-state index in [1.54, 1.807) is 37.4 Å². The predicted octanol–water partition coefficient (Wildman–Crippen LogP) is 3.89. The molecule has 0 spiro atoms. The van der Waals surface area contributed by atoms with Crippen molar-refractivity contribution >= 4 is 5.91 Å². The normalized spacial score (nSPS) is 10.7. The number of amides is 1. The second kappa shape index (κ2) is 9.52. The van der Waals surface area contributed by atoms with Crippen LogP contribution in [0.3, 0.4) is 0 Å². The number of rotatable bonds is 7. The fourth-order valence-electron chi connectivity index (χ4n) is 3.49. The number of aromatic nitrogens is 4. The summed E-state index contributed by atoms with van der Waals surface area (Å²) >= 11 is 0. The van der Waals surface area contributed by atoms with E-state index in [1.165, 1.54) is 5.56 Å². The summed E-state index contributed by atoms with van der Waals surface area (Å²) in [6.07, 6.45) is 3.38. The van der Waals surface area contributed by atoms with E-state index in [2.05, 4.69) is 27.5 Å². The van der Waals surface area contributed by atoms with Gasteiger partial charge in [0.25, 0.3) is 5.91 Å². The molecular formula is C25H25N5O3.